The molecule has 3 saturated heterocycles. The van der Waals surface area contributed by atoms with Crippen molar-refractivity contribution < 1.29 is 43.3 Å². The Morgan fingerprint density at radius 1 is 1.07 bits per heavy atom. The molecule has 3 fully saturated rings. The Morgan fingerprint density at radius 2 is 1.84 bits per heavy atom. The normalized spacial score (nSPS) is 22.9. The molecule has 1 unspecified atom stereocenters. The van der Waals surface area contributed by atoms with E-state index in [2.05, 4.69) is 60.0 Å². The summed E-state index contributed by atoms with van der Waals surface area (Å²) in [6.07, 6.45) is 4.24. The molecule has 8 rings (SSSR count). The summed E-state index contributed by atoms with van der Waals surface area (Å²) >= 11 is 0. The number of nitrogens with one attached hydrogen (secondary N) is 2. The molecule has 4 aromatic rings. The number of methoxy groups -OCH3 is 1. The molecule has 6 bridgehead atoms. The van der Waals surface area contributed by atoms with Gasteiger partial charge in [-0.1, -0.05) is 64.6 Å². The standard InChI is InChI=1S/C53H67N7O9/c1-9-44(61)58-22-19-53(66,30-58)51(65)57(7)46(32(2)3)48(62)55-42-24-34-13-10-14-36(23-34)37-17-18-43-39(25-37)40(26-52(5,6)31-69-50(64)41-16-12-21-60(56-41)49(42)63)47(59(43)27-35-28-68-29-35)38-15-11-20-54-45(38)33(4)67-8/h9-11,13-15,17-18,20,23,25,32-33,35,41-42,46,56,66H,1,12,16,19,21-22,24,26-31H2,2-8H3,(H,55,62)/t33-,41-,42-,46-,53?/m0/s1. The minimum atomic E-state index is -1.91. The van der Waals surface area contributed by atoms with Crippen LogP contribution in [0.3, 0.4) is 0 Å². The molecule has 0 spiro atoms. The third kappa shape index (κ3) is 10.2. The molecule has 3 N–H and O–H groups in total. The maximum atomic E-state index is 14.8. The Balaban J connectivity index is 1.20. The number of hydrogen-bond acceptors (Lipinski definition) is 11. The predicted octanol–water partition coefficient (Wildman–Crippen LogP) is 5.00. The third-order valence-corrected chi connectivity index (χ3v) is 14.2. The van der Waals surface area contributed by atoms with Gasteiger partial charge in [0.15, 0.2) is 5.60 Å². The van der Waals surface area contributed by atoms with Gasteiger partial charge < -0.3 is 39.0 Å². The number of rotatable bonds is 11. The summed E-state index contributed by atoms with van der Waals surface area (Å²) < 4.78 is 20.1. The molecule has 5 atom stereocenters. The lowest BCUT2D eigenvalue weighted by Crippen LogP contribution is -2.63. The number of pyridine rings is 1. The number of ether oxygens (including phenoxy) is 3. The number of fused-ring (bicyclic) bond motifs is 6. The minimum Gasteiger partial charge on any atom is -0.464 e. The van der Waals surface area contributed by atoms with E-state index in [0.29, 0.717) is 38.4 Å². The molecule has 6 heterocycles. The van der Waals surface area contributed by atoms with Gasteiger partial charge in [0.05, 0.1) is 43.9 Å². The van der Waals surface area contributed by atoms with E-state index in [1.165, 1.54) is 21.9 Å². The number of nitrogens with zero attached hydrogens (tertiary/aromatic N) is 5. The number of hydrogen-bond donors (Lipinski definition) is 3. The summed E-state index contributed by atoms with van der Waals surface area (Å²) in [7, 11) is 3.14. The van der Waals surface area contributed by atoms with E-state index in [1.54, 1.807) is 27.2 Å². The quantitative estimate of drug-likeness (QED) is 0.136. The van der Waals surface area contributed by atoms with Crippen molar-refractivity contribution in [3.05, 3.63) is 90.3 Å². The summed E-state index contributed by atoms with van der Waals surface area (Å²) in [5, 5.41) is 17.0. The highest BCUT2D eigenvalue weighted by Crippen LogP contribution is 2.43. The summed E-state index contributed by atoms with van der Waals surface area (Å²) in [5.41, 5.74) is 8.32. The van der Waals surface area contributed by atoms with Gasteiger partial charge in [0.2, 0.25) is 11.8 Å². The van der Waals surface area contributed by atoms with E-state index < -0.39 is 64.7 Å². The molecule has 0 aliphatic carbocycles. The molecule has 2 aromatic carbocycles. The molecule has 2 aromatic heterocycles. The van der Waals surface area contributed by atoms with Crippen molar-refractivity contribution in [2.45, 2.75) is 103 Å². The Bertz CT molecular complexity index is 2620. The highest BCUT2D eigenvalue weighted by molar-refractivity contribution is 5.97. The van der Waals surface area contributed by atoms with Crippen molar-refractivity contribution in [1.82, 2.24) is 35.1 Å². The second kappa shape index (κ2) is 20.2. The monoisotopic (exact) mass is 946 g/mol. The zero-order chi connectivity index (χ0) is 49.4. The van der Waals surface area contributed by atoms with Gasteiger partial charge in [-0.2, -0.15) is 0 Å². The minimum absolute atomic E-state index is 0.00238. The molecular formula is C53H67N7O9. The summed E-state index contributed by atoms with van der Waals surface area (Å²) in [5.74, 6) is -2.74. The van der Waals surface area contributed by atoms with Crippen LogP contribution >= 0.6 is 0 Å². The van der Waals surface area contributed by atoms with Gasteiger partial charge >= 0.3 is 5.97 Å². The second-order valence-corrected chi connectivity index (χ2v) is 20.5. The number of likely N-dealkylation sites (tertiary alicyclic amines) is 1. The first-order chi connectivity index (χ1) is 32.9. The molecule has 4 aliphatic rings. The number of amides is 4. The maximum absolute atomic E-state index is 14.8. The first-order valence-corrected chi connectivity index (χ1v) is 24.2. The number of carbonyl (C=O) groups is 5. The summed E-state index contributed by atoms with van der Waals surface area (Å²) in [6, 6.07) is 15.5. The van der Waals surface area contributed by atoms with Gasteiger partial charge in [0, 0.05) is 80.6 Å². The number of likely N-dealkylation sites (N-methyl/N-ethyl adjacent to an activating group) is 1. The SMILES string of the molecule is C=CC(=O)N1CCC(O)(C(=O)N(C)[C@H](C(=O)N[C@H]2Cc3cccc(c3)-c3ccc4c(c3)c(c(-c3cccnc3[C@H](C)OC)n4CC3COC3)CC(C)(C)COC(=O)[C@@H]3CCCN(N3)C2=O)C(C)C)C1. The average molecular weight is 946 g/mol. The van der Waals surface area contributed by atoms with Gasteiger partial charge in [0.1, 0.15) is 18.1 Å². The van der Waals surface area contributed by atoms with Crippen LogP contribution < -0.4 is 10.7 Å². The lowest BCUT2D eigenvalue weighted by Gasteiger charge is -2.37. The van der Waals surface area contributed by atoms with Crippen LogP contribution in [0.4, 0.5) is 0 Å². The zero-order valence-electron chi connectivity index (χ0n) is 41.0. The number of cyclic esters (lactones) is 1. The first kappa shape index (κ1) is 49.5. The van der Waals surface area contributed by atoms with E-state index in [-0.39, 0.29) is 45.2 Å². The Kier molecular flexibility index (Phi) is 14.5. The van der Waals surface area contributed by atoms with Gasteiger partial charge in [-0.05, 0) is 84.7 Å². The number of β-amino-alcohol motifs (C(OH)–C–C–N with tert-alkyl or cyclic N) is 1. The zero-order valence-corrected chi connectivity index (χ0v) is 41.0. The fourth-order valence-electron chi connectivity index (χ4n) is 10.4. The van der Waals surface area contributed by atoms with E-state index in [0.717, 1.165) is 62.7 Å². The molecule has 368 valence electrons. The van der Waals surface area contributed by atoms with Crippen LogP contribution in [0.1, 0.15) is 76.8 Å². The Labute approximate surface area is 404 Å². The number of benzene rings is 2. The fourth-order valence-corrected chi connectivity index (χ4v) is 10.4. The molecule has 0 radical (unpaired) electrons. The van der Waals surface area contributed by atoms with Crippen molar-refractivity contribution >= 4 is 40.5 Å². The van der Waals surface area contributed by atoms with E-state index in [9.17, 15) is 29.1 Å². The van der Waals surface area contributed by atoms with Crippen LogP contribution in [0.5, 0.6) is 0 Å². The van der Waals surface area contributed by atoms with Gasteiger partial charge in [-0.3, -0.25) is 34.0 Å². The number of hydrazine groups is 1. The van der Waals surface area contributed by atoms with E-state index in [4.69, 9.17) is 19.2 Å². The lowest BCUT2D eigenvalue weighted by molar-refractivity contribution is -0.156. The number of aromatic nitrogens is 2. The molecular weight excluding hydrogens is 879 g/mol. The summed E-state index contributed by atoms with van der Waals surface area (Å²) in [6.45, 7) is 15.7. The van der Waals surface area contributed by atoms with Gasteiger partial charge in [0.25, 0.3) is 11.8 Å². The maximum Gasteiger partial charge on any atom is 0.324 e. The second-order valence-electron chi connectivity index (χ2n) is 20.5. The molecule has 16 nitrogen and oxygen atoms in total. The van der Waals surface area contributed by atoms with Crippen molar-refractivity contribution in [2.24, 2.45) is 17.3 Å². The smallest absolute Gasteiger partial charge is 0.324 e. The van der Waals surface area contributed by atoms with Crippen molar-refractivity contribution in [2.75, 3.05) is 53.6 Å². The van der Waals surface area contributed by atoms with Crippen molar-refractivity contribution in [3.63, 3.8) is 0 Å². The molecule has 16 heteroatoms. The number of esters is 1. The lowest BCUT2D eigenvalue weighted by atomic mass is 9.84. The van der Waals surface area contributed by atoms with Crippen LogP contribution in [0.15, 0.2) is 73.4 Å². The Morgan fingerprint density at radius 3 is 2.55 bits per heavy atom. The summed E-state index contributed by atoms with van der Waals surface area (Å²) in [4.78, 5) is 77.2. The average Bonchev–Trinajstić information content (AvgIpc) is 3.87. The van der Waals surface area contributed by atoms with Crippen LogP contribution in [0, 0.1) is 17.3 Å². The highest BCUT2D eigenvalue weighted by atomic mass is 16.5. The van der Waals surface area contributed by atoms with E-state index in [1.807, 2.05) is 37.3 Å². The van der Waals surface area contributed by atoms with Crippen molar-refractivity contribution in [1.29, 1.82) is 0 Å². The first-order valence-electron chi connectivity index (χ1n) is 24.2. The third-order valence-electron chi connectivity index (χ3n) is 14.2. The number of carbonyl (C=O) groups excluding carboxylic acids is 5. The molecule has 0 saturated carbocycles. The van der Waals surface area contributed by atoms with Crippen molar-refractivity contribution in [3.8, 4) is 22.4 Å². The number of aliphatic hydroxyl groups is 1. The van der Waals surface area contributed by atoms with Gasteiger partial charge in [-0.15, -0.1) is 0 Å². The van der Waals surface area contributed by atoms with Crippen LogP contribution in [-0.4, -0.2) is 136 Å². The van der Waals surface area contributed by atoms with E-state index >= 15 is 0 Å². The molecule has 69 heavy (non-hydrogen) atoms. The molecule has 4 amide bonds. The molecule has 4 aliphatic heterocycles. The highest BCUT2D eigenvalue weighted by Gasteiger charge is 2.48. The predicted molar refractivity (Wildman–Crippen MR) is 260 cm³/mol. The fraction of sp³-hybridized carbons (Fsp3) is 0.509. The van der Waals surface area contributed by atoms with Crippen LogP contribution in [0.25, 0.3) is 33.3 Å². The topological polar surface area (TPSA) is 185 Å². The Hall–Kier alpha value is -5.94. The van der Waals surface area contributed by atoms with Gasteiger partial charge in [-0.25, -0.2) is 5.43 Å². The van der Waals surface area contributed by atoms with Crippen LogP contribution in [0.2, 0.25) is 0 Å². The van der Waals surface area contributed by atoms with Crippen LogP contribution in [-0.2, 0) is 57.6 Å². The largest absolute Gasteiger partial charge is 0.464 e.